The number of methoxy groups -OCH3 is 1. The molecule has 5 rings (SSSR count). The van der Waals surface area contributed by atoms with E-state index in [2.05, 4.69) is 25.1 Å². The van der Waals surface area contributed by atoms with Gasteiger partial charge in [-0.05, 0) is 24.3 Å². The fourth-order valence-electron chi connectivity index (χ4n) is 4.53. The van der Waals surface area contributed by atoms with Gasteiger partial charge in [0, 0.05) is 56.8 Å². The summed E-state index contributed by atoms with van der Waals surface area (Å²) in [6.07, 6.45) is 12.0. The second-order valence-corrected chi connectivity index (χ2v) is 8.90. The lowest BCUT2D eigenvalue weighted by Gasteiger charge is -2.36. The molecule has 2 aromatic rings. The Kier molecular flexibility index (Phi) is 6.59. The lowest BCUT2D eigenvalue weighted by Crippen LogP contribution is -2.48. The fraction of sp³-hybridized carbons (Fsp3) is 0.360. The highest BCUT2D eigenvalue weighted by Gasteiger charge is 2.31. The van der Waals surface area contributed by atoms with Gasteiger partial charge in [0.2, 0.25) is 11.9 Å². The van der Waals surface area contributed by atoms with E-state index in [9.17, 15) is 4.79 Å². The van der Waals surface area contributed by atoms with E-state index in [1.54, 1.807) is 13.3 Å². The summed E-state index contributed by atoms with van der Waals surface area (Å²) in [6.45, 7) is 4.93. The molecule has 3 aliphatic rings. The van der Waals surface area contributed by atoms with Crippen LogP contribution in [0, 0.1) is 0 Å². The number of rotatable bonds is 6. The number of hydrogen-bond acceptors (Lipinski definition) is 8. The monoisotopic (exact) mass is 493 g/mol. The van der Waals surface area contributed by atoms with Crippen LogP contribution in [-0.2, 0) is 4.79 Å². The third-order valence-corrected chi connectivity index (χ3v) is 6.73. The molecule has 182 valence electrons. The average molecular weight is 494 g/mol. The van der Waals surface area contributed by atoms with Gasteiger partial charge in [-0.3, -0.25) is 9.79 Å². The second-order valence-electron chi connectivity index (χ2n) is 8.49. The number of piperazine rings is 1. The molecule has 0 aliphatic carbocycles. The number of carbonyl (C=O) groups is 1. The predicted molar refractivity (Wildman–Crippen MR) is 138 cm³/mol. The molecule has 1 saturated heterocycles. The van der Waals surface area contributed by atoms with Crippen LogP contribution in [0.2, 0.25) is 5.02 Å². The topological polar surface area (TPSA) is 86.2 Å². The number of fused-ring (bicyclic) bond motifs is 1. The first-order chi connectivity index (χ1) is 17.1. The Labute approximate surface area is 209 Å². The molecule has 35 heavy (non-hydrogen) atoms. The van der Waals surface area contributed by atoms with Gasteiger partial charge in [0.15, 0.2) is 0 Å². The fourth-order valence-corrected chi connectivity index (χ4v) is 4.73. The first kappa shape index (κ1) is 23.2. The number of benzene rings is 1. The number of carbonyl (C=O) groups excluding carboxylic acids is 1. The summed E-state index contributed by atoms with van der Waals surface area (Å²) < 4.78 is 5.67. The number of nitrogens with zero attached hydrogens (tertiary/aromatic N) is 6. The van der Waals surface area contributed by atoms with Gasteiger partial charge in [-0.2, -0.15) is 0 Å². The molecule has 1 fully saturated rings. The third-order valence-electron chi connectivity index (χ3n) is 6.44. The molecule has 0 saturated carbocycles. The number of amides is 1. The van der Waals surface area contributed by atoms with Gasteiger partial charge in [0.25, 0.3) is 0 Å². The molecule has 0 spiro atoms. The highest BCUT2D eigenvalue weighted by molar-refractivity contribution is 6.31. The summed E-state index contributed by atoms with van der Waals surface area (Å²) in [5, 5.41) is 3.76. The Morgan fingerprint density at radius 1 is 1.23 bits per heavy atom. The summed E-state index contributed by atoms with van der Waals surface area (Å²) >= 11 is 6.48. The summed E-state index contributed by atoms with van der Waals surface area (Å²) in [4.78, 5) is 31.9. The van der Waals surface area contributed by atoms with Gasteiger partial charge in [-0.25, -0.2) is 9.97 Å². The summed E-state index contributed by atoms with van der Waals surface area (Å²) in [5.74, 6) is 1.31. The first-order valence-corrected chi connectivity index (χ1v) is 12.1. The largest absolute Gasteiger partial charge is 0.494 e. The van der Waals surface area contributed by atoms with E-state index in [1.807, 2.05) is 60.7 Å². The molecule has 1 N–H and O–H groups in total. The van der Waals surface area contributed by atoms with E-state index in [0.717, 1.165) is 37.6 Å². The number of aromatic nitrogens is 2. The zero-order valence-electron chi connectivity index (χ0n) is 19.8. The molecular weight excluding hydrogens is 466 g/mol. The maximum Gasteiger partial charge on any atom is 0.227 e. The van der Waals surface area contributed by atoms with E-state index in [-0.39, 0.29) is 18.1 Å². The molecule has 1 aromatic heterocycles. The van der Waals surface area contributed by atoms with Crippen molar-refractivity contribution in [3.05, 3.63) is 59.5 Å². The van der Waals surface area contributed by atoms with Crippen LogP contribution in [0.5, 0.6) is 5.75 Å². The Morgan fingerprint density at radius 2 is 2.06 bits per heavy atom. The Balaban J connectivity index is 1.32. The molecule has 2 atom stereocenters. The highest BCUT2D eigenvalue weighted by Crippen LogP contribution is 2.35. The molecule has 1 aromatic carbocycles. The molecule has 0 radical (unpaired) electrons. The molecule has 4 heterocycles. The Morgan fingerprint density at radius 3 is 2.83 bits per heavy atom. The van der Waals surface area contributed by atoms with E-state index in [1.165, 1.54) is 0 Å². The van der Waals surface area contributed by atoms with Crippen molar-refractivity contribution in [3.8, 4) is 5.75 Å². The number of anilines is 3. The van der Waals surface area contributed by atoms with Crippen LogP contribution in [0.4, 0.5) is 17.3 Å². The maximum atomic E-state index is 12.0. The first-order valence-electron chi connectivity index (χ1n) is 11.7. The lowest BCUT2D eigenvalue weighted by atomic mass is 10.2. The number of hydrogen-bond donors (Lipinski definition) is 1. The Hall–Kier alpha value is -3.59. The van der Waals surface area contributed by atoms with E-state index < -0.39 is 0 Å². The highest BCUT2D eigenvalue weighted by atomic mass is 35.5. The van der Waals surface area contributed by atoms with Crippen molar-refractivity contribution < 1.29 is 9.53 Å². The zero-order chi connectivity index (χ0) is 24.4. The molecule has 9 nitrogen and oxygen atoms in total. The van der Waals surface area contributed by atoms with Crippen LogP contribution in [0.1, 0.15) is 25.1 Å². The number of ether oxygens (including phenoxy) is 1. The number of aliphatic imine (C=N–C) groups is 1. The van der Waals surface area contributed by atoms with Crippen LogP contribution in [0.3, 0.4) is 0 Å². The smallest absolute Gasteiger partial charge is 0.227 e. The minimum absolute atomic E-state index is 0.0398. The van der Waals surface area contributed by atoms with E-state index in [4.69, 9.17) is 21.3 Å². The van der Waals surface area contributed by atoms with Crippen molar-refractivity contribution >= 4 is 41.0 Å². The standard InChI is InChI=1S/C25H28ClN7O2/c1-3-23(34)32-12-10-31(11-13-32)17-7-8-19(21(14-17)35-2)29-25-28-15-18(26)24(30-25)20-16-27-22-6-4-5-9-33(20)22/h4-9,14-16,20,22H,3,10-13H2,1-2H3,(H,28,29,30). The number of halogens is 1. The third kappa shape index (κ3) is 4.68. The van der Waals surface area contributed by atoms with Crippen molar-refractivity contribution in [2.24, 2.45) is 4.99 Å². The van der Waals surface area contributed by atoms with Gasteiger partial charge < -0.3 is 24.8 Å². The number of allylic oxidation sites excluding steroid dienone is 2. The quantitative estimate of drug-likeness (QED) is 0.655. The summed E-state index contributed by atoms with van der Waals surface area (Å²) in [6, 6.07) is 5.83. The number of nitrogens with one attached hydrogen (secondary N) is 1. The van der Waals surface area contributed by atoms with Crippen molar-refractivity contribution in [2.45, 2.75) is 25.6 Å². The van der Waals surface area contributed by atoms with E-state index >= 15 is 0 Å². The molecule has 1 amide bonds. The average Bonchev–Trinajstić information content (AvgIpc) is 3.33. The minimum Gasteiger partial charge on any atom is -0.494 e. The van der Waals surface area contributed by atoms with Gasteiger partial charge in [-0.1, -0.05) is 24.6 Å². The molecule has 3 aliphatic heterocycles. The predicted octanol–water partition coefficient (Wildman–Crippen LogP) is 3.78. The van der Waals surface area contributed by atoms with Crippen LogP contribution >= 0.6 is 11.6 Å². The van der Waals surface area contributed by atoms with Crippen LogP contribution in [0.25, 0.3) is 0 Å². The SMILES string of the molecule is CCC(=O)N1CCN(c2ccc(Nc3ncc(Cl)c(C4C=NC5C=CC=CN54)n3)c(OC)c2)CC1. The van der Waals surface area contributed by atoms with Crippen molar-refractivity contribution in [2.75, 3.05) is 43.5 Å². The lowest BCUT2D eigenvalue weighted by molar-refractivity contribution is -0.131. The van der Waals surface area contributed by atoms with Crippen LogP contribution < -0.4 is 15.0 Å². The van der Waals surface area contributed by atoms with Crippen LogP contribution in [0.15, 0.2) is 53.8 Å². The zero-order valence-corrected chi connectivity index (χ0v) is 20.5. The second kappa shape index (κ2) is 9.95. The normalized spacial score (nSPS) is 20.8. The Bertz CT molecular complexity index is 1190. The summed E-state index contributed by atoms with van der Waals surface area (Å²) in [5.41, 5.74) is 2.49. The van der Waals surface area contributed by atoms with Gasteiger partial charge >= 0.3 is 0 Å². The maximum absolute atomic E-state index is 12.0. The van der Waals surface area contributed by atoms with E-state index in [0.29, 0.717) is 28.8 Å². The van der Waals surface area contributed by atoms with Gasteiger partial charge in [0.1, 0.15) is 18.0 Å². The molecule has 10 heteroatoms. The summed E-state index contributed by atoms with van der Waals surface area (Å²) in [7, 11) is 1.64. The van der Waals surface area contributed by atoms with Gasteiger partial charge in [-0.15, -0.1) is 0 Å². The minimum atomic E-state index is -0.167. The molecule has 0 bridgehead atoms. The van der Waals surface area contributed by atoms with Crippen LogP contribution in [-0.4, -0.2) is 71.3 Å². The molecular formula is C25H28ClN7O2. The van der Waals surface area contributed by atoms with Gasteiger partial charge in [0.05, 0.1) is 29.7 Å². The van der Waals surface area contributed by atoms with Crippen molar-refractivity contribution in [1.82, 2.24) is 19.8 Å². The molecule has 2 unspecified atom stereocenters. The van der Waals surface area contributed by atoms with Crippen molar-refractivity contribution in [1.29, 1.82) is 0 Å². The van der Waals surface area contributed by atoms with Crippen molar-refractivity contribution in [3.63, 3.8) is 0 Å².